The summed E-state index contributed by atoms with van der Waals surface area (Å²) >= 11 is 0. The number of carbonyl (C=O) groups is 2. The number of carboxylic acids is 1. The molecule has 3 aliphatic rings. The predicted molar refractivity (Wildman–Crippen MR) is 177 cm³/mol. The van der Waals surface area contributed by atoms with E-state index < -0.39 is 17.2 Å². The second-order valence-electron chi connectivity index (χ2n) is 14.0. The molecule has 2 N–H and O–H groups in total. The number of nitrogens with one attached hydrogen (secondary N) is 1. The van der Waals surface area contributed by atoms with E-state index in [1.165, 1.54) is 31.4 Å². The van der Waals surface area contributed by atoms with Gasteiger partial charge in [-0.15, -0.1) is 0 Å². The third-order valence-corrected chi connectivity index (χ3v) is 10.2. The fraction of sp³-hybridized carbons (Fsp3) is 0.444. The number of amides is 1. The Morgan fingerprint density at radius 2 is 1.80 bits per heavy atom. The van der Waals surface area contributed by atoms with Crippen LogP contribution in [-0.4, -0.2) is 61.6 Å². The molecule has 0 unspecified atom stereocenters. The van der Waals surface area contributed by atoms with Crippen LogP contribution >= 0.6 is 0 Å². The molecule has 4 aromatic rings. The Bertz CT molecular complexity index is 1870. The van der Waals surface area contributed by atoms with E-state index in [9.17, 15) is 14.7 Å². The lowest BCUT2D eigenvalue weighted by Crippen LogP contribution is -2.57. The molecule has 0 atom stereocenters. The number of piperidine rings is 1. The number of hydrogen-bond donors (Lipinski definition) is 2. The molecule has 0 spiro atoms. The van der Waals surface area contributed by atoms with Gasteiger partial charge in [0.15, 0.2) is 5.82 Å². The Balaban J connectivity index is 1.28. The highest BCUT2D eigenvalue weighted by Gasteiger charge is 2.50. The van der Waals surface area contributed by atoms with Gasteiger partial charge in [-0.25, -0.2) is 19.2 Å². The zero-order chi connectivity index (χ0) is 32.5. The number of halogens is 1. The number of carboxylic acid groups (broad SMARTS) is 1. The van der Waals surface area contributed by atoms with E-state index in [0.29, 0.717) is 34.2 Å². The van der Waals surface area contributed by atoms with Crippen molar-refractivity contribution >= 4 is 40.1 Å². The van der Waals surface area contributed by atoms with Crippen LogP contribution in [0.3, 0.4) is 0 Å². The summed E-state index contributed by atoms with van der Waals surface area (Å²) in [5, 5.41) is 12.8. The Kier molecular flexibility index (Phi) is 7.38. The first-order chi connectivity index (χ1) is 21.9. The molecule has 2 aromatic heterocycles. The van der Waals surface area contributed by atoms with Gasteiger partial charge < -0.3 is 24.8 Å². The predicted octanol–water partition coefficient (Wildman–Crippen LogP) is 7.21. The van der Waals surface area contributed by atoms with E-state index in [1.807, 2.05) is 55.4 Å². The standard InChI is InChI=1S/C36H41FN6O3/c1-20(2)42-19-38-30-18-28(39-33(32(30)42)40-29-17-25(34(44)45)21(3)13-27(29)37)22-9-10-26-31(14-22)43(35(46)36(26,4)5)24-15-23(16-24)41-11-7-6-8-12-41/h9-10,13-14,17-20,23-24H,6-8,11-12,15-16H2,1-5H3,(H,39,40)(H,44,45). The number of aromatic carboxylic acids is 1. The van der Waals surface area contributed by atoms with Gasteiger partial charge in [0.2, 0.25) is 5.91 Å². The number of nitrogens with zero attached hydrogens (tertiary/aromatic N) is 5. The minimum absolute atomic E-state index is 0.0122. The number of likely N-dealkylation sites (tertiary alicyclic amines) is 1. The molecule has 2 aromatic carbocycles. The smallest absolute Gasteiger partial charge is 0.336 e. The van der Waals surface area contributed by atoms with Gasteiger partial charge in [-0.05, 0) is 109 Å². The molecule has 1 amide bonds. The number of benzene rings is 2. The van der Waals surface area contributed by atoms with Crippen LogP contribution in [0.1, 0.15) is 87.3 Å². The SMILES string of the molecule is Cc1cc(F)c(Nc2nc(-c3ccc4c(c3)N(C3CC(N5CCCCC5)C3)C(=O)C4(C)C)cc3ncn(C(C)C)c23)cc1C(=O)O. The second kappa shape index (κ2) is 11.2. The highest BCUT2D eigenvalue weighted by Crippen LogP contribution is 2.48. The fourth-order valence-corrected chi connectivity index (χ4v) is 7.47. The number of aromatic nitrogens is 3. The van der Waals surface area contributed by atoms with Gasteiger partial charge >= 0.3 is 5.97 Å². The van der Waals surface area contributed by atoms with E-state index in [1.54, 1.807) is 13.3 Å². The summed E-state index contributed by atoms with van der Waals surface area (Å²) < 4.78 is 17.2. The third kappa shape index (κ3) is 4.94. The number of pyridine rings is 1. The second-order valence-corrected chi connectivity index (χ2v) is 14.0. The normalized spacial score (nSPS) is 21.1. The van der Waals surface area contributed by atoms with Crippen LogP contribution in [0.15, 0.2) is 42.7 Å². The van der Waals surface area contributed by atoms with Gasteiger partial charge in [0, 0.05) is 29.4 Å². The number of fused-ring (bicyclic) bond motifs is 2. The van der Waals surface area contributed by atoms with Crippen LogP contribution in [0.25, 0.3) is 22.3 Å². The zero-order valence-electron chi connectivity index (χ0n) is 27.1. The van der Waals surface area contributed by atoms with Gasteiger partial charge in [-0.3, -0.25) is 4.79 Å². The maximum absolute atomic E-state index is 15.2. The van der Waals surface area contributed by atoms with E-state index in [2.05, 4.69) is 21.3 Å². The van der Waals surface area contributed by atoms with E-state index in [0.717, 1.165) is 42.7 Å². The summed E-state index contributed by atoms with van der Waals surface area (Å²) in [5.41, 5.74) is 4.47. The minimum atomic E-state index is -1.13. The Morgan fingerprint density at radius 3 is 2.50 bits per heavy atom. The first-order valence-corrected chi connectivity index (χ1v) is 16.3. The van der Waals surface area contributed by atoms with Crippen LogP contribution in [0.2, 0.25) is 0 Å². The maximum Gasteiger partial charge on any atom is 0.336 e. The van der Waals surface area contributed by atoms with Gasteiger partial charge in [0.05, 0.1) is 34.2 Å². The molecule has 7 rings (SSSR count). The Labute approximate surface area is 268 Å². The van der Waals surface area contributed by atoms with Crippen molar-refractivity contribution in [3.8, 4) is 11.3 Å². The van der Waals surface area contributed by atoms with Crippen molar-refractivity contribution in [1.29, 1.82) is 0 Å². The molecule has 1 saturated carbocycles. The molecular formula is C36H41FN6O3. The average molecular weight is 625 g/mol. The number of imidazole rings is 1. The van der Waals surface area contributed by atoms with Crippen molar-refractivity contribution in [3.05, 3.63) is 65.2 Å². The van der Waals surface area contributed by atoms with Gasteiger partial charge in [-0.1, -0.05) is 18.6 Å². The minimum Gasteiger partial charge on any atom is -0.478 e. The zero-order valence-corrected chi connectivity index (χ0v) is 27.1. The average Bonchev–Trinajstić information content (AvgIpc) is 3.51. The lowest BCUT2D eigenvalue weighted by Gasteiger charge is -2.48. The summed E-state index contributed by atoms with van der Waals surface area (Å²) in [6.07, 6.45) is 7.52. The molecule has 0 radical (unpaired) electrons. The third-order valence-electron chi connectivity index (χ3n) is 10.2. The molecule has 1 saturated heterocycles. The summed E-state index contributed by atoms with van der Waals surface area (Å²) in [4.78, 5) is 40.0. The summed E-state index contributed by atoms with van der Waals surface area (Å²) in [7, 11) is 0. The molecular weight excluding hydrogens is 583 g/mol. The van der Waals surface area contributed by atoms with Crippen LogP contribution in [0, 0.1) is 12.7 Å². The summed E-state index contributed by atoms with van der Waals surface area (Å²) in [5.74, 6) is -1.20. The molecule has 4 heterocycles. The van der Waals surface area contributed by atoms with E-state index >= 15 is 4.39 Å². The molecule has 9 nitrogen and oxygen atoms in total. The number of anilines is 3. The van der Waals surface area contributed by atoms with Crippen molar-refractivity contribution in [2.45, 2.75) is 90.3 Å². The van der Waals surface area contributed by atoms with Crippen LogP contribution in [-0.2, 0) is 10.2 Å². The van der Waals surface area contributed by atoms with E-state index in [-0.39, 0.29) is 29.2 Å². The fourth-order valence-electron chi connectivity index (χ4n) is 7.47. The first-order valence-electron chi connectivity index (χ1n) is 16.3. The van der Waals surface area contributed by atoms with E-state index in [4.69, 9.17) is 4.98 Å². The van der Waals surface area contributed by atoms with Crippen molar-refractivity contribution in [2.75, 3.05) is 23.3 Å². The largest absolute Gasteiger partial charge is 0.478 e. The lowest BCUT2D eigenvalue weighted by molar-refractivity contribution is -0.123. The molecule has 0 bridgehead atoms. The number of rotatable bonds is 7. The van der Waals surface area contributed by atoms with Crippen molar-refractivity contribution < 1.29 is 19.1 Å². The Morgan fingerprint density at radius 1 is 1.07 bits per heavy atom. The highest BCUT2D eigenvalue weighted by molar-refractivity contribution is 6.09. The molecule has 1 aliphatic carbocycles. The first kappa shape index (κ1) is 30.3. The summed E-state index contributed by atoms with van der Waals surface area (Å²) in [6.45, 7) is 11.9. The van der Waals surface area contributed by atoms with Gasteiger partial charge in [0.1, 0.15) is 11.3 Å². The lowest BCUT2D eigenvalue weighted by atomic mass is 9.82. The van der Waals surface area contributed by atoms with Crippen molar-refractivity contribution in [3.63, 3.8) is 0 Å². The molecule has 2 fully saturated rings. The van der Waals surface area contributed by atoms with Gasteiger partial charge in [0.25, 0.3) is 0 Å². The monoisotopic (exact) mass is 624 g/mol. The van der Waals surface area contributed by atoms with Gasteiger partial charge in [-0.2, -0.15) is 0 Å². The van der Waals surface area contributed by atoms with Crippen LogP contribution in [0.5, 0.6) is 0 Å². The highest BCUT2D eigenvalue weighted by atomic mass is 19.1. The number of carbonyl (C=O) groups excluding carboxylic acids is 1. The topological polar surface area (TPSA) is 104 Å². The number of hydrogen-bond acceptors (Lipinski definition) is 6. The van der Waals surface area contributed by atoms with Crippen molar-refractivity contribution in [2.24, 2.45) is 0 Å². The van der Waals surface area contributed by atoms with Crippen molar-refractivity contribution in [1.82, 2.24) is 19.4 Å². The molecule has 46 heavy (non-hydrogen) atoms. The Hall–Kier alpha value is -4.31. The van der Waals surface area contributed by atoms with Crippen LogP contribution in [0.4, 0.5) is 21.6 Å². The summed E-state index contributed by atoms with van der Waals surface area (Å²) in [6, 6.07) is 11.3. The molecule has 2 aliphatic heterocycles. The molecule has 10 heteroatoms. The number of aryl methyl sites for hydroxylation is 1. The van der Waals surface area contributed by atoms with Crippen LogP contribution < -0.4 is 10.2 Å². The maximum atomic E-state index is 15.2. The quantitative estimate of drug-likeness (QED) is 0.224. The molecule has 240 valence electrons.